The van der Waals surface area contributed by atoms with Crippen molar-refractivity contribution in [3.8, 4) is 0 Å². The summed E-state index contributed by atoms with van der Waals surface area (Å²) in [6.07, 6.45) is 2.24. The molecule has 13 heavy (non-hydrogen) atoms. The molecule has 2 aliphatic heterocycles. The Morgan fingerprint density at radius 1 is 1.46 bits per heavy atom. The van der Waals surface area contributed by atoms with Crippen molar-refractivity contribution in [1.29, 1.82) is 0 Å². The van der Waals surface area contributed by atoms with Crippen molar-refractivity contribution in [2.24, 2.45) is 10.6 Å². The summed E-state index contributed by atoms with van der Waals surface area (Å²) in [5, 5.41) is 3.96. The van der Waals surface area contributed by atoms with Crippen molar-refractivity contribution in [3.05, 3.63) is 11.0 Å². The third-order valence-corrected chi connectivity index (χ3v) is 5.70. The van der Waals surface area contributed by atoms with E-state index in [-0.39, 0.29) is 15.2 Å². The second-order valence-corrected chi connectivity index (χ2v) is 7.27. The predicted octanol–water partition coefficient (Wildman–Crippen LogP) is 3.34. The molecule has 0 aromatic heterocycles. The van der Waals surface area contributed by atoms with Gasteiger partial charge in [0, 0.05) is 4.91 Å². The van der Waals surface area contributed by atoms with E-state index in [1.165, 1.54) is 9.77 Å². The van der Waals surface area contributed by atoms with E-state index in [0.29, 0.717) is 0 Å². The lowest BCUT2D eigenvalue weighted by Gasteiger charge is -2.19. The zero-order valence-electron chi connectivity index (χ0n) is 8.25. The molecule has 0 bridgehead atoms. The first-order valence-electron chi connectivity index (χ1n) is 4.23. The molecule has 0 fully saturated rings. The Labute approximate surface area is 84.9 Å². The highest BCUT2D eigenvalue weighted by atomic mass is 33.1. The number of nitrogens with zero attached hydrogens (tertiary/aromatic N) is 1. The van der Waals surface area contributed by atoms with Gasteiger partial charge in [0.2, 0.25) is 0 Å². The van der Waals surface area contributed by atoms with Gasteiger partial charge in [0.25, 0.3) is 0 Å². The zero-order chi connectivity index (χ0) is 9.64. The van der Waals surface area contributed by atoms with E-state index in [1.807, 2.05) is 6.92 Å². The molecule has 2 rings (SSSR count). The van der Waals surface area contributed by atoms with Crippen LogP contribution in [-0.2, 0) is 4.28 Å². The largest absolute Gasteiger partial charge is 0.319 e. The standard InChI is InChI=1S/C9H13NOS2/c1-6-7-5-8(9(2,3)4)12-13(7)11-10-6/h5H,1-4H3. The fourth-order valence-corrected chi connectivity index (χ4v) is 4.94. The summed E-state index contributed by atoms with van der Waals surface area (Å²) in [6, 6.07) is 0. The van der Waals surface area contributed by atoms with Gasteiger partial charge in [0.15, 0.2) is 0 Å². The summed E-state index contributed by atoms with van der Waals surface area (Å²) in [4.78, 5) is 2.68. The van der Waals surface area contributed by atoms with Crippen molar-refractivity contribution < 1.29 is 4.28 Å². The minimum absolute atomic E-state index is 0.138. The van der Waals surface area contributed by atoms with Crippen LogP contribution in [0.25, 0.3) is 0 Å². The first kappa shape index (κ1) is 9.34. The highest BCUT2D eigenvalue weighted by molar-refractivity contribution is 8.84. The SMILES string of the molecule is CC1=NOS2=C1C=C(C(C)(C)C)S2. The lowest BCUT2D eigenvalue weighted by atomic mass is 9.95. The maximum absolute atomic E-state index is 5.30. The highest BCUT2D eigenvalue weighted by Crippen LogP contribution is 2.53. The van der Waals surface area contributed by atoms with Crippen LogP contribution in [0.15, 0.2) is 16.1 Å². The normalized spacial score (nSPS) is 26.8. The average Bonchev–Trinajstić information content (AvgIpc) is 2.51. The van der Waals surface area contributed by atoms with Gasteiger partial charge in [-0.05, 0) is 29.2 Å². The van der Waals surface area contributed by atoms with Gasteiger partial charge in [-0.1, -0.05) is 25.9 Å². The van der Waals surface area contributed by atoms with Crippen LogP contribution in [0.3, 0.4) is 0 Å². The fourth-order valence-electron chi connectivity index (χ4n) is 1.07. The summed E-state index contributed by atoms with van der Waals surface area (Å²) < 4.78 is 5.30. The van der Waals surface area contributed by atoms with Crippen molar-refractivity contribution in [2.45, 2.75) is 27.7 Å². The molecule has 1 unspecified atom stereocenters. The van der Waals surface area contributed by atoms with Crippen molar-refractivity contribution >= 4 is 31.2 Å². The monoisotopic (exact) mass is 215 g/mol. The zero-order valence-corrected chi connectivity index (χ0v) is 9.88. The Bertz CT molecular complexity index is 347. The van der Waals surface area contributed by atoms with Crippen LogP contribution in [-0.4, -0.2) is 10.6 Å². The summed E-state index contributed by atoms with van der Waals surface area (Å²) in [5.41, 5.74) is 1.27. The quantitative estimate of drug-likeness (QED) is 0.456. The number of hydrogen-bond donors (Lipinski definition) is 0. The van der Waals surface area contributed by atoms with E-state index in [9.17, 15) is 0 Å². The van der Waals surface area contributed by atoms with Gasteiger partial charge in [-0.3, -0.25) is 0 Å². The Balaban J connectivity index is 2.28. The number of oxime groups is 1. The molecule has 4 heteroatoms. The molecule has 0 aromatic rings. The van der Waals surface area contributed by atoms with Gasteiger partial charge >= 0.3 is 0 Å². The third kappa shape index (κ3) is 1.57. The molecule has 1 atom stereocenters. The molecule has 0 saturated carbocycles. The van der Waals surface area contributed by atoms with Gasteiger partial charge in [-0.25, -0.2) is 0 Å². The summed E-state index contributed by atoms with van der Waals surface area (Å²) in [7, 11) is 1.67. The lowest BCUT2D eigenvalue weighted by Crippen LogP contribution is -2.07. The molecule has 0 saturated heterocycles. The highest BCUT2D eigenvalue weighted by Gasteiger charge is 2.30. The maximum atomic E-state index is 5.30. The second kappa shape index (κ2) is 2.89. The van der Waals surface area contributed by atoms with Crippen LogP contribution in [0.1, 0.15) is 27.7 Å². The van der Waals surface area contributed by atoms with Crippen LogP contribution >= 0.6 is 20.6 Å². The molecule has 2 aliphatic rings. The van der Waals surface area contributed by atoms with Gasteiger partial charge < -0.3 is 4.28 Å². The predicted molar refractivity (Wildman–Crippen MR) is 61.9 cm³/mol. The molecule has 0 spiro atoms. The van der Waals surface area contributed by atoms with E-state index in [0.717, 1.165) is 5.71 Å². The molecule has 72 valence electrons. The Hall–Kier alpha value is -0.220. The van der Waals surface area contributed by atoms with Gasteiger partial charge in [-0.2, -0.15) is 0 Å². The molecular weight excluding hydrogens is 202 g/mol. The Kier molecular flexibility index (Phi) is 2.07. The Morgan fingerprint density at radius 3 is 2.69 bits per heavy atom. The summed E-state index contributed by atoms with van der Waals surface area (Å²) >= 11 is 0. The topological polar surface area (TPSA) is 21.6 Å². The van der Waals surface area contributed by atoms with Crippen molar-refractivity contribution in [1.82, 2.24) is 0 Å². The smallest absolute Gasteiger partial charge is 0.0980 e. The molecule has 2 heterocycles. The van der Waals surface area contributed by atoms with Crippen LogP contribution in [0, 0.1) is 5.41 Å². The minimum Gasteiger partial charge on any atom is -0.319 e. The van der Waals surface area contributed by atoms with Crippen molar-refractivity contribution in [2.75, 3.05) is 0 Å². The van der Waals surface area contributed by atoms with Gasteiger partial charge in [0.05, 0.1) is 20.4 Å². The molecular formula is C9H13NOS2. The molecule has 0 amide bonds. The third-order valence-electron chi connectivity index (χ3n) is 1.94. The van der Waals surface area contributed by atoms with Crippen LogP contribution < -0.4 is 0 Å². The molecule has 0 aliphatic carbocycles. The lowest BCUT2D eigenvalue weighted by molar-refractivity contribution is 0.414. The second-order valence-electron chi connectivity index (χ2n) is 4.19. The van der Waals surface area contributed by atoms with E-state index in [4.69, 9.17) is 4.28 Å². The molecule has 0 aromatic carbocycles. The van der Waals surface area contributed by atoms with Crippen LogP contribution in [0.2, 0.25) is 0 Å². The fraction of sp³-hybridized carbons (Fsp3) is 0.556. The van der Waals surface area contributed by atoms with Crippen LogP contribution in [0.4, 0.5) is 0 Å². The van der Waals surface area contributed by atoms with Gasteiger partial charge in [-0.15, -0.1) is 0 Å². The van der Waals surface area contributed by atoms with E-state index in [2.05, 4.69) is 32.0 Å². The van der Waals surface area contributed by atoms with Crippen LogP contribution in [0.5, 0.6) is 0 Å². The summed E-state index contributed by atoms with van der Waals surface area (Å²) in [6.45, 7) is 8.68. The number of allylic oxidation sites excluding steroid dienone is 2. The average molecular weight is 215 g/mol. The Morgan fingerprint density at radius 2 is 2.15 bits per heavy atom. The molecule has 2 nitrogen and oxygen atoms in total. The van der Waals surface area contributed by atoms with E-state index >= 15 is 0 Å². The van der Waals surface area contributed by atoms with E-state index < -0.39 is 0 Å². The van der Waals surface area contributed by atoms with Crippen molar-refractivity contribution in [3.63, 3.8) is 0 Å². The first-order chi connectivity index (χ1) is 5.98. The minimum atomic E-state index is -0.138. The summed E-state index contributed by atoms with van der Waals surface area (Å²) in [5.74, 6) is 0. The molecule has 0 N–H and O–H groups in total. The first-order valence-corrected chi connectivity index (χ1v) is 6.71. The number of hydrogen-bond acceptors (Lipinski definition) is 3. The number of rotatable bonds is 0. The van der Waals surface area contributed by atoms with E-state index in [1.54, 1.807) is 10.8 Å². The maximum Gasteiger partial charge on any atom is 0.0980 e. The van der Waals surface area contributed by atoms with Gasteiger partial charge in [0.1, 0.15) is 0 Å². The molecule has 0 radical (unpaired) electrons.